The third kappa shape index (κ3) is 2.70. The zero-order chi connectivity index (χ0) is 12.3. The number of hydrogen-bond donors (Lipinski definition) is 1. The normalized spacial score (nSPS) is 10.8. The van der Waals surface area contributed by atoms with E-state index in [1.165, 1.54) is 10.6 Å². The average Bonchev–Trinajstić information content (AvgIpc) is 2.62. The molecule has 1 aromatic carbocycles. The van der Waals surface area contributed by atoms with E-state index in [1.54, 1.807) is 11.8 Å². The summed E-state index contributed by atoms with van der Waals surface area (Å²) in [5.41, 5.74) is 9.28. The van der Waals surface area contributed by atoms with Gasteiger partial charge in [0.2, 0.25) is 0 Å². The maximum absolute atomic E-state index is 5.77. The van der Waals surface area contributed by atoms with Crippen LogP contribution in [0.25, 0.3) is 0 Å². The highest BCUT2D eigenvalue weighted by Gasteiger charge is 2.11. The molecular formula is C13H17N3S. The summed E-state index contributed by atoms with van der Waals surface area (Å²) >= 11 is 1.79. The summed E-state index contributed by atoms with van der Waals surface area (Å²) in [7, 11) is 1.97. The molecule has 0 aliphatic heterocycles. The molecule has 4 heteroatoms. The van der Waals surface area contributed by atoms with Crippen LogP contribution in [0.3, 0.4) is 0 Å². The lowest BCUT2D eigenvalue weighted by molar-refractivity contribution is 0.688. The number of benzene rings is 1. The molecule has 2 aromatic rings. The molecule has 0 saturated carbocycles. The van der Waals surface area contributed by atoms with Crippen molar-refractivity contribution < 1.29 is 0 Å². The Labute approximate surface area is 106 Å². The number of aromatic nitrogens is 2. The molecule has 1 aromatic heterocycles. The third-order valence-electron chi connectivity index (χ3n) is 2.71. The predicted octanol–water partition coefficient (Wildman–Crippen LogP) is 2.48. The Hall–Kier alpha value is -1.26. The number of thioether (sulfide) groups is 1. The van der Waals surface area contributed by atoms with Crippen LogP contribution in [-0.2, 0) is 19.3 Å². The maximum atomic E-state index is 5.77. The lowest BCUT2D eigenvalue weighted by atomic mass is 10.2. The first-order valence-electron chi connectivity index (χ1n) is 5.61. The molecule has 2 N–H and O–H groups in total. The molecule has 0 amide bonds. The largest absolute Gasteiger partial charge is 0.326 e. The lowest BCUT2D eigenvalue weighted by Gasteiger charge is -2.05. The highest BCUT2D eigenvalue weighted by atomic mass is 32.2. The van der Waals surface area contributed by atoms with Gasteiger partial charge >= 0.3 is 0 Å². The summed E-state index contributed by atoms with van der Waals surface area (Å²) in [6, 6.07) is 10.4. The van der Waals surface area contributed by atoms with Crippen LogP contribution < -0.4 is 5.73 Å². The molecule has 0 radical (unpaired) electrons. The van der Waals surface area contributed by atoms with Gasteiger partial charge in [-0.25, -0.2) is 0 Å². The van der Waals surface area contributed by atoms with Crippen LogP contribution in [0.15, 0.2) is 35.4 Å². The van der Waals surface area contributed by atoms with Crippen molar-refractivity contribution in [3.8, 4) is 0 Å². The number of nitrogens with zero attached hydrogens (tertiary/aromatic N) is 2. The monoisotopic (exact) mass is 247 g/mol. The Morgan fingerprint density at radius 2 is 2.00 bits per heavy atom. The molecule has 0 unspecified atom stereocenters. The van der Waals surface area contributed by atoms with Crippen molar-refractivity contribution in [1.29, 1.82) is 0 Å². The van der Waals surface area contributed by atoms with E-state index >= 15 is 0 Å². The van der Waals surface area contributed by atoms with Gasteiger partial charge in [0.1, 0.15) is 0 Å². The number of aryl methyl sites for hydroxylation is 2. The van der Waals surface area contributed by atoms with E-state index in [4.69, 9.17) is 5.73 Å². The summed E-state index contributed by atoms with van der Waals surface area (Å²) in [6.07, 6.45) is 0. The van der Waals surface area contributed by atoms with Gasteiger partial charge in [-0.15, -0.1) is 11.8 Å². The van der Waals surface area contributed by atoms with Crippen LogP contribution in [-0.4, -0.2) is 9.78 Å². The van der Waals surface area contributed by atoms with Crippen LogP contribution in [0.2, 0.25) is 0 Å². The van der Waals surface area contributed by atoms with Crippen molar-refractivity contribution in [1.82, 2.24) is 9.78 Å². The molecule has 1 heterocycles. The molecule has 0 aliphatic carbocycles. The first-order chi connectivity index (χ1) is 8.22. The average molecular weight is 247 g/mol. The number of nitrogens with two attached hydrogens (primary N) is 1. The van der Waals surface area contributed by atoms with Crippen molar-refractivity contribution in [2.75, 3.05) is 0 Å². The molecular weight excluding hydrogens is 230 g/mol. The van der Waals surface area contributed by atoms with Gasteiger partial charge < -0.3 is 5.73 Å². The molecule has 2 rings (SSSR count). The lowest BCUT2D eigenvalue weighted by Crippen LogP contribution is -2.00. The Morgan fingerprint density at radius 3 is 2.65 bits per heavy atom. The second-order valence-corrected chi connectivity index (χ2v) is 4.94. The maximum Gasteiger partial charge on any atom is 0.0987 e. The summed E-state index contributed by atoms with van der Waals surface area (Å²) in [6.45, 7) is 2.56. The summed E-state index contributed by atoms with van der Waals surface area (Å²) < 4.78 is 1.92. The van der Waals surface area contributed by atoms with Gasteiger partial charge in [-0.3, -0.25) is 4.68 Å². The van der Waals surface area contributed by atoms with Crippen LogP contribution in [0.4, 0.5) is 0 Å². The predicted molar refractivity (Wildman–Crippen MR) is 71.8 cm³/mol. The van der Waals surface area contributed by atoms with Gasteiger partial charge in [-0.1, -0.05) is 30.3 Å². The highest BCUT2D eigenvalue weighted by Crippen LogP contribution is 2.27. The zero-order valence-electron chi connectivity index (χ0n) is 10.2. The molecule has 17 heavy (non-hydrogen) atoms. The second kappa shape index (κ2) is 5.38. The second-order valence-electron chi connectivity index (χ2n) is 3.97. The molecule has 0 aliphatic rings. The fourth-order valence-corrected chi connectivity index (χ4v) is 2.95. The van der Waals surface area contributed by atoms with Gasteiger partial charge in [-0.2, -0.15) is 5.10 Å². The third-order valence-corrected chi connectivity index (χ3v) is 3.97. The number of rotatable bonds is 4. The molecule has 90 valence electrons. The van der Waals surface area contributed by atoms with Gasteiger partial charge in [0.25, 0.3) is 0 Å². The smallest absolute Gasteiger partial charge is 0.0987 e. The fourth-order valence-electron chi connectivity index (χ4n) is 1.82. The Kier molecular flexibility index (Phi) is 3.86. The van der Waals surface area contributed by atoms with Crippen molar-refractivity contribution in [3.05, 3.63) is 47.2 Å². The van der Waals surface area contributed by atoms with E-state index in [2.05, 4.69) is 29.4 Å². The van der Waals surface area contributed by atoms with Crippen LogP contribution in [0, 0.1) is 6.92 Å². The quantitative estimate of drug-likeness (QED) is 0.844. The van der Waals surface area contributed by atoms with Crippen molar-refractivity contribution in [2.45, 2.75) is 24.2 Å². The Bertz CT molecular complexity index is 491. The fraction of sp³-hybridized carbons (Fsp3) is 0.308. The molecule has 0 bridgehead atoms. The Morgan fingerprint density at radius 1 is 1.29 bits per heavy atom. The van der Waals surface area contributed by atoms with E-state index in [1.807, 2.05) is 24.7 Å². The van der Waals surface area contributed by atoms with Gasteiger partial charge in [-0.05, 0) is 12.5 Å². The molecule has 0 fully saturated rings. The van der Waals surface area contributed by atoms with E-state index in [0.29, 0.717) is 6.54 Å². The standard InChI is InChI=1S/C13H17N3S/c1-10-12(8-14)13(16(2)15-10)17-9-11-6-4-3-5-7-11/h3-7H,8-9,14H2,1-2H3. The minimum absolute atomic E-state index is 0.552. The van der Waals surface area contributed by atoms with E-state index < -0.39 is 0 Å². The van der Waals surface area contributed by atoms with Crippen molar-refractivity contribution in [3.63, 3.8) is 0 Å². The van der Waals surface area contributed by atoms with E-state index in [-0.39, 0.29) is 0 Å². The minimum Gasteiger partial charge on any atom is -0.326 e. The first kappa shape index (κ1) is 12.2. The van der Waals surface area contributed by atoms with Crippen molar-refractivity contribution in [2.24, 2.45) is 12.8 Å². The van der Waals surface area contributed by atoms with Crippen molar-refractivity contribution >= 4 is 11.8 Å². The van der Waals surface area contributed by atoms with Crippen LogP contribution in [0.1, 0.15) is 16.8 Å². The molecule has 3 nitrogen and oxygen atoms in total. The summed E-state index contributed by atoms with van der Waals surface area (Å²) in [5.74, 6) is 0.951. The van der Waals surface area contributed by atoms with E-state index in [9.17, 15) is 0 Å². The summed E-state index contributed by atoms with van der Waals surface area (Å²) in [4.78, 5) is 0. The van der Waals surface area contributed by atoms with Crippen LogP contribution in [0.5, 0.6) is 0 Å². The molecule has 0 saturated heterocycles. The Balaban J connectivity index is 2.14. The minimum atomic E-state index is 0.552. The molecule has 0 atom stereocenters. The van der Waals surface area contributed by atoms with Gasteiger partial charge in [0.15, 0.2) is 0 Å². The summed E-state index contributed by atoms with van der Waals surface area (Å²) in [5, 5.41) is 5.58. The molecule has 0 spiro atoms. The van der Waals surface area contributed by atoms with Gasteiger partial charge in [0.05, 0.1) is 10.7 Å². The topological polar surface area (TPSA) is 43.8 Å². The highest BCUT2D eigenvalue weighted by molar-refractivity contribution is 7.98. The van der Waals surface area contributed by atoms with Gasteiger partial charge in [0, 0.05) is 24.9 Å². The van der Waals surface area contributed by atoms with E-state index in [0.717, 1.165) is 17.0 Å². The zero-order valence-corrected chi connectivity index (χ0v) is 11.0. The van der Waals surface area contributed by atoms with Crippen LogP contribution >= 0.6 is 11.8 Å². The SMILES string of the molecule is Cc1nn(C)c(SCc2ccccc2)c1CN. The number of hydrogen-bond acceptors (Lipinski definition) is 3. The first-order valence-corrected chi connectivity index (χ1v) is 6.60.